The fourth-order valence-electron chi connectivity index (χ4n) is 7.18. The number of nitrogens with zero attached hydrogens (tertiary/aromatic N) is 2. The van der Waals surface area contributed by atoms with Gasteiger partial charge in [-0.25, -0.2) is 4.39 Å². The maximum absolute atomic E-state index is 16.3. The highest BCUT2D eigenvalue weighted by molar-refractivity contribution is 6.25. The molecule has 0 unspecified atom stereocenters. The molecule has 0 saturated heterocycles. The molecular formula is C29H35FN4O8. The molecule has 226 valence electrons. The molecule has 1 aromatic rings. The first kappa shape index (κ1) is 29.7. The second-order valence-electron chi connectivity index (χ2n) is 12.4. The van der Waals surface area contributed by atoms with Crippen molar-refractivity contribution in [2.24, 2.45) is 23.5 Å². The number of phenolic OH excluding ortho intramolecular Hbond substituents is 1. The first-order valence-corrected chi connectivity index (χ1v) is 13.8. The molecule has 42 heavy (non-hydrogen) atoms. The molecule has 1 heterocycles. The minimum absolute atomic E-state index is 0.0100. The molecule has 0 radical (unpaired) electrons. The van der Waals surface area contributed by atoms with E-state index in [9.17, 15) is 39.6 Å². The van der Waals surface area contributed by atoms with E-state index in [1.54, 1.807) is 11.9 Å². The SMILES string of the molecule is CC(C)C[C@@H]1C(=O)Nc2c(O)c3c(c(F)c2CN1C)C[C@H]1C[C@H]2[C@H](N(C)C)C(O)=C(C(N)=O)C(=O)[C@@]2(O)C(O)=C1C3=O. The number of allylic oxidation sites excluding steroid dienone is 1. The van der Waals surface area contributed by atoms with Crippen LogP contribution in [0.2, 0.25) is 0 Å². The maximum Gasteiger partial charge on any atom is 0.255 e. The van der Waals surface area contributed by atoms with E-state index in [1.165, 1.54) is 19.0 Å². The van der Waals surface area contributed by atoms with Gasteiger partial charge in [-0.3, -0.25) is 29.0 Å². The third kappa shape index (κ3) is 3.97. The van der Waals surface area contributed by atoms with Gasteiger partial charge in [-0.2, -0.15) is 0 Å². The van der Waals surface area contributed by atoms with Crippen molar-refractivity contribution < 1.29 is 44.0 Å². The van der Waals surface area contributed by atoms with E-state index in [2.05, 4.69) is 5.32 Å². The molecule has 2 amide bonds. The zero-order chi connectivity index (χ0) is 31.2. The largest absolute Gasteiger partial charge is 0.510 e. The van der Waals surface area contributed by atoms with Crippen LogP contribution in [-0.2, 0) is 27.3 Å². The number of nitrogens with one attached hydrogen (secondary N) is 1. The molecule has 7 N–H and O–H groups in total. The van der Waals surface area contributed by atoms with E-state index >= 15 is 4.39 Å². The number of anilines is 1. The fourth-order valence-corrected chi connectivity index (χ4v) is 7.18. The van der Waals surface area contributed by atoms with Gasteiger partial charge in [0, 0.05) is 29.2 Å². The van der Waals surface area contributed by atoms with Crippen LogP contribution in [0.3, 0.4) is 0 Å². The summed E-state index contributed by atoms with van der Waals surface area (Å²) in [5.74, 6) is -9.37. The lowest BCUT2D eigenvalue weighted by Crippen LogP contribution is -2.63. The fraction of sp³-hybridized carbons (Fsp3) is 0.517. The molecule has 13 heteroatoms. The zero-order valence-corrected chi connectivity index (χ0v) is 24.0. The van der Waals surface area contributed by atoms with Crippen molar-refractivity contribution in [3.8, 4) is 5.75 Å². The highest BCUT2D eigenvalue weighted by Crippen LogP contribution is 2.53. The van der Waals surface area contributed by atoms with Crippen molar-refractivity contribution in [1.29, 1.82) is 0 Å². The van der Waals surface area contributed by atoms with Crippen molar-refractivity contribution in [1.82, 2.24) is 9.80 Å². The van der Waals surface area contributed by atoms with Gasteiger partial charge in [0.25, 0.3) is 5.91 Å². The van der Waals surface area contributed by atoms with E-state index in [0.29, 0.717) is 6.42 Å². The number of rotatable bonds is 4. The van der Waals surface area contributed by atoms with Gasteiger partial charge in [0.2, 0.25) is 11.7 Å². The molecule has 1 aliphatic heterocycles. The van der Waals surface area contributed by atoms with Crippen molar-refractivity contribution >= 4 is 29.1 Å². The van der Waals surface area contributed by atoms with Crippen LogP contribution in [0.25, 0.3) is 0 Å². The summed E-state index contributed by atoms with van der Waals surface area (Å²) in [6.07, 6.45) is 0.125. The van der Waals surface area contributed by atoms with Crippen LogP contribution < -0.4 is 11.1 Å². The van der Waals surface area contributed by atoms with Crippen molar-refractivity contribution in [3.63, 3.8) is 0 Å². The number of nitrogens with two attached hydrogens (primary N) is 1. The van der Waals surface area contributed by atoms with Crippen LogP contribution in [0.5, 0.6) is 5.75 Å². The van der Waals surface area contributed by atoms with E-state index in [1.807, 2.05) is 13.8 Å². The van der Waals surface area contributed by atoms with E-state index in [0.717, 1.165) is 0 Å². The molecule has 0 spiro atoms. The number of hydrogen-bond donors (Lipinski definition) is 6. The van der Waals surface area contributed by atoms with Gasteiger partial charge in [-0.05, 0) is 52.2 Å². The highest BCUT2D eigenvalue weighted by atomic mass is 19.1. The predicted molar refractivity (Wildman–Crippen MR) is 147 cm³/mol. The van der Waals surface area contributed by atoms with Gasteiger partial charge in [0.05, 0.1) is 23.3 Å². The predicted octanol–water partition coefficient (Wildman–Crippen LogP) is 1.06. The van der Waals surface area contributed by atoms with Crippen LogP contribution in [0.1, 0.15) is 48.2 Å². The molecule has 12 nitrogen and oxygen atoms in total. The molecule has 1 aromatic carbocycles. The maximum atomic E-state index is 16.3. The summed E-state index contributed by atoms with van der Waals surface area (Å²) < 4.78 is 16.3. The standard InChI is InChI=1S/C29H35FN4O8/c1-10(2)6-15-28(41)32-20-13(9-34(15)5)19(30)12-7-11-8-14-21(33(3)4)24(37)18(27(31)40)26(39)29(14,42)25(38)16(11)22(35)17(12)23(20)36/h10-11,14-15,21,36-38,42H,6-9H2,1-5H3,(H2,31,40)(H,32,41)/t11-,14-,15+,21-,29-/m0/s1. The van der Waals surface area contributed by atoms with Gasteiger partial charge >= 0.3 is 0 Å². The number of Topliss-reactive ketones (excluding diaryl/α,β-unsaturated/α-hetero) is 2. The summed E-state index contributed by atoms with van der Waals surface area (Å²) in [6.45, 7) is 3.85. The second-order valence-corrected chi connectivity index (χ2v) is 12.4. The average Bonchev–Trinajstić information content (AvgIpc) is 3.00. The van der Waals surface area contributed by atoms with Crippen LogP contribution in [0.15, 0.2) is 22.7 Å². The Labute approximate surface area is 241 Å². The van der Waals surface area contributed by atoms with Crippen LogP contribution in [0.4, 0.5) is 10.1 Å². The Morgan fingerprint density at radius 1 is 1.19 bits per heavy atom. The van der Waals surface area contributed by atoms with Crippen LogP contribution in [-0.4, -0.2) is 92.4 Å². The summed E-state index contributed by atoms with van der Waals surface area (Å²) in [7, 11) is 4.72. The Balaban J connectivity index is 1.68. The average molecular weight is 587 g/mol. The molecule has 0 fully saturated rings. The van der Waals surface area contributed by atoms with Crippen LogP contribution in [0, 0.1) is 23.6 Å². The number of aliphatic hydroxyl groups is 3. The highest BCUT2D eigenvalue weighted by Gasteiger charge is 2.63. The van der Waals surface area contributed by atoms with Crippen molar-refractivity contribution in [2.45, 2.75) is 57.3 Å². The van der Waals surface area contributed by atoms with Gasteiger partial charge in [-0.1, -0.05) is 13.8 Å². The van der Waals surface area contributed by atoms with E-state index in [-0.39, 0.29) is 42.1 Å². The van der Waals surface area contributed by atoms with Crippen LogP contribution >= 0.6 is 0 Å². The summed E-state index contributed by atoms with van der Waals surface area (Å²) in [5.41, 5.74) is 0.385. The van der Waals surface area contributed by atoms with Crippen molar-refractivity contribution in [3.05, 3.63) is 45.2 Å². The number of primary amides is 1. The lowest BCUT2D eigenvalue weighted by molar-refractivity contribution is -0.148. The number of carbonyl (C=O) groups excluding carboxylic acids is 4. The molecular weight excluding hydrogens is 551 g/mol. The van der Waals surface area contributed by atoms with Gasteiger partial charge in [0.15, 0.2) is 17.1 Å². The Morgan fingerprint density at radius 2 is 1.83 bits per heavy atom. The molecule has 0 aromatic heterocycles. The first-order valence-electron chi connectivity index (χ1n) is 13.8. The molecule has 5 atom stereocenters. The Bertz CT molecular complexity index is 1520. The Kier molecular flexibility index (Phi) is 6.99. The minimum atomic E-state index is -2.80. The Hall–Kier alpha value is -3.81. The number of benzene rings is 1. The number of aliphatic hydroxyl groups excluding tert-OH is 2. The van der Waals surface area contributed by atoms with E-state index in [4.69, 9.17) is 5.73 Å². The molecule has 0 saturated carbocycles. The monoisotopic (exact) mass is 586 g/mol. The quantitative estimate of drug-likeness (QED) is 0.219. The number of amides is 2. The number of likely N-dealkylation sites (N-methyl/N-ethyl adjacent to an activating group) is 2. The van der Waals surface area contributed by atoms with Gasteiger partial charge < -0.3 is 31.5 Å². The van der Waals surface area contributed by atoms with Gasteiger partial charge in [0.1, 0.15) is 22.9 Å². The summed E-state index contributed by atoms with van der Waals surface area (Å²) in [6, 6.07) is -1.77. The zero-order valence-electron chi connectivity index (χ0n) is 24.0. The second kappa shape index (κ2) is 9.89. The lowest BCUT2D eigenvalue weighted by Gasteiger charge is -2.50. The number of fused-ring (bicyclic) bond motifs is 4. The molecule has 5 rings (SSSR count). The number of halogens is 1. The lowest BCUT2D eigenvalue weighted by atomic mass is 9.58. The Morgan fingerprint density at radius 3 is 2.40 bits per heavy atom. The topological polar surface area (TPSA) is 194 Å². The third-order valence-corrected chi connectivity index (χ3v) is 9.11. The number of hydrogen-bond acceptors (Lipinski definition) is 10. The normalized spacial score (nSPS) is 29.7. The van der Waals surface area contributed by atoms with E-state index < -0.39 is 92.7 Å². The summed E-state index contributed by atoms with van der Waals surface area (Å²) >= 11 is 0. The smallest absolute Gasteiger partial charge is 0.255 e. The summed E-state index contributed by atoms with van der Waals surface area (Å²) in [5, 5.41) is 47.9. The molecule has 4 aliphatic rings. The number of phenols is 1. The van der Waals surface area contributed by atoms with Gasteiger partial charge in [-0.15, -0.1) is 0 Å². The number of carbonyl (C=O) groups is 4. The third-order valence-electron chi connectivity index (χ3n) is 9.11. The summed E-state index contributed by atoms with van der Waals surface area (Å²) in [4.78, 5) is 55.7. The minimum Gasteiger partial charge on any atom is -0.510 e. The molecule has 3 aliphatic carbocycles. The number of ketones is 2. The number of aromatic hydroxyl groups is 1. The van der Waals surface area contributed by atoms with Crippen molar-refractivity contribution in [2.75, 3.05) is 26.5 Å². The first-order chi connectivity index (χ1) is 19.5. The molecule has 0 bridgehead atoms.